The molecular formula is C25H33F2N2O6+. The van der Waals surface area contributed by atoms with Crippen molar-refractivity contribution in [2.45, 2.75) is 71.2 Å². The molecule has 192 valence electrons. The molecule has 10 heteroatoms. The summed E-state index contributed by atoms with van der Waals surface area (Å²) in [6.07, 6.45) is 0.699. The van der Waals surface area contributed by atoms with Crippen molar-refractivity contribution in [1.82, 2.24) is 9.57 Å². The van der Waals surface area contributed by atoms with E-state index in [1.165, 1.54) is 11.1 Å². The van der Waals surface area contributed by atoms with Gasteiger partial charge in [0.05, 0.1) is 36.8 Å². The molecule has 0 aliphatic carbocycles. The number of amides is 1. The Morgan fingerprint density at radius 2 is 1.80 bits per heavy atom. The number of halogens is 2. The number of Topliss-reactive ketones (excluding diaryl/α,β-unsaturated/α-hetero) is 1. The summed E-state index contributed by atoms with van der Waals surface area (Å²) in [5.41, 5.74) is -2.69. The molecular weight excluding hydrogens is 462 g/mol. The zero-order valence-corrected chi connectivity index (χ0v) is 20.9. The minimum atomic E-state index is -1.15. The molecule has 0 saturated carbocycles. The van der Waals surface area contributed by atoms with Gasteiger partial charge in [0.1, 0.15) is 22.8 Å². The molecule has 8 nitrogen and oxygen atoms in total. The van der Waals surface area contributed by atoms with Crippen LogP contribution in [-0.2, 0) is 14.2 Å². The van der Waals surface area contributed by atoms with Gasteiger partial charge in [0.15, 0.2) is 5.78 Å². The summed E-state index contributed by atoms with van der Waals surface area (Å²) in [5, 5.41) is 0. The Morgan fingerprint density at radius 3 is 2.37 bits per heavy atom. The fourth-order valence-electron chi connectivity index (χ4n) is 3.40. The van der Waals surface area contributed by atoms with Crippen molar-refractivity contribution in [2.24, 2.45) is 0 Å². The zero-order chi connectivity index (χ0) is 26.4. The van der Waals surface area contributed by atoms with E-state index in [4.69, 9.17) is 14.2 Å². The lowest BCUT2D eigenvalue weighted by atomic mass is 10.0. The lowest BCUT2D eigenvalue weighted by molar-refractivity contribution is -0.0443. The highest BCUT2D eigenvalue weighted by atomic mass is 19.1. The molecule has 0 spiro atoms. The van der Waals surface area contributed by atoms with Crippen molar-refractivity contribution in [3.05, 3.63) is 34.9 Å². The molecule has 0 radical (unpaired) electrons. The molecule has 35 heavy (non-hydrogen) atoms. The fraction of sp³-hybridized carbons (Fsp3) is 0.560. The molecule has 1 atom stereocenters. The van der Waals surface area contributed by atoms with Crippen LogP contribution in [0, 0.1) is 11.6 Å². The molecule has 1 saturated heterocycles. The fourth-order valence-corrected chi connectivity index (χ4v) is 3.40. The standard InChI is InChI=1S/C25H33F2N2O6/c1-24(2,3)35-23(32)29-11-12-33-17(15-29)7-8-20(30)21-18(26)13-16(14-19(21)27)22(31)34-25(4,5)9-10-28-6/h10,13-14,17H,6-9,11-12,15H2,1-5H3/q+1. The Hall–Kier alpha value is -3.10. The lowest BCUT2D eigenvalue weighted by Crippen LogP contribution is -2.47. The van der Waals surface area contributed by atoms with E-state index >= 15 is 0 Å². The van der Waals surface area contributed by atoms with Crippen molar-refractivity contribution in [2.75, 3.05) is 19.7 Å². The summed E-state index contributed by atoms with van der Waals surface area (Å²) in [7, 11) is 0. The molecule has 1 unspecified atom stereocenters. The van der Waals surface area contributed by atoms with E-state index in [0.717, 1.165) is 12.1 Å². The van der Waals surface area contributed by atoms with E-state index in [0.29, 0.717) is 6.54 Å². The largest absolute Gasteiger partial charge is 0.455 e. The van der Waals surface area contributed by atoms with Gasteiger partial charge < -0.3 is 19.1 Å². The second kappa shape index (κ2) is 11.6. The first kappa shape index (κ1) is 28.1. The summed E-state index contributed by atoms with van der Waals surface area (Å²) in [5.74, 6) is -4.01. The Bertz CT molecular complexity index is 989. The average molecular weight is 496 g/mol. The van der Waals surface area contributed by atoms with Gasteiger partial charge >= 0.3 is 12.1 Å². The van der Waals surface area contributed by atoms with E-state index in [1.807, 2.05) is 0 Å². The van der Waals surface area contributed by atoms with Crippen molar-refractivity contribution in [1.29, 1.82) is 0 Å². The number of benzene rings is 1. The molecule has 1 heterocycles. The predicted molar refractivity (Wildman–Crippen MR) is 127 cm³/mol. The first-order chi connectivity index (χ1) is 16.2. The quantitative estimate of drug-likeness (QED) is 0.236. The molecule has 0 bridgehead atoms. The van der Waals surface area contributed by atoms with Crippen LogP contribution in [0.1, 0.15) is 74.6 Å². The van der Waals surface area contributed by atoms with Crippen molar-refractivity contribution < 1.29 is 37.4 Å². The Morgan fingerprint density at radius 1 is 1.17 bits per heavy atom. The molecule has 1 fully saturated rings. The normalized spacial score (nSPS) is 16.3. The molecule has 0 aromatic heterocycles. The summed E-state index contributed by atoms with van der Waals surface area (Å²) in [6.45, 7) is 12.6. The number of hydrogen-bond acceptors (Lipinski definition) is 6. The number of ether oxygens (including phenoxy) is 3. The summed E-state index contributed by atoms with van der Waals surface area (Å²) < 4.78 is 49.1. The Balaban J connectivity index is 2.02. The number of esters is 1. The van der Waals surface area contributed by atoms with Crippen LogP contribution in [0.5, 0.6) is 0 Å². The summed E-state index contributed by atoms with van der Waals surface area (Å²) in [6, 6.07) is 1.57. The maximum absolute atomic E-state index is 14.6. The molecule has 1 aliphatic heterocycles. The first-order valence-electron chi connectivity index (χ1n) is 11.3. The van der Waals surface area contributed by atoms with Crippen molar-refractivity contribution in [3.8, 4) is 0 Å². The third-order valence-electron chi connectivity index (χ3n) is 5.12. The second-order valence-corrected chi connectivity index (χ2v) is 9.91. The Kier molecular flexibility index (Phi) is 9.29. The minimum Gasteiger partial charge on any atom is -0.455 e. The smallest absolute Gasteiger partial charge is 0.410 e. The molecule has 0 N–H and O–H groups in total. The minimum absolute atomic E-state index is 0.156. The highest BCUT2D eigenvalue weighted by Gasteiger charge is 2.30. The van der Waals surface area contributed by atoms with Crippen LogP contribution >= 0.6 is 0 Å². The average Bonchev–Trinajstić information content (AvgIpc) is 2.74. The van der Waals surface area contributed by atoms with E-state index < -0.39 is 52.3 Å². The van der Waals surface area contributed by atoms with Crippen LogP contribution in [0.15, 0.2) is 12.1 Å². The molecule has 1 aromatic rings. The van der Waals surface area contributed by atoms with Crippen molar-refractivity contribution >= 4 is 30.8 Å². The number of hydrogen-bond donors (Lipinski definition) is 0. The van der Waals surface area contributed by atoms with E-state index in [2.05, 4.69) is 11.4 Å². The number of ketones is 1. The third kappa shape index (κ3) is 8.56. The summed E-state index contributed by atoms with van der Waals surface area (Å²) >= 11 is 0. The molecule has 2 rings (SSSR count). The van der Waals surface area contributed by atoms with Gasteiger partial charge in [-0.2, -0.15) is 0 Å². The van der Waals surface area contributed by atoms with Crippen LogP contribution in [0.4, 0.5) is 13.6 Å². The topological polar surface area (TPSA) is 96.2 Å². The predicted octanol–water partition coefficient (Wildman–Crippen LogP) is 3.73. The summed E-state index contributed by atoms with van der Waals surface area (Å²) in [4.78, 5) is 38.7. The van der Waals surface area contributed by atoms with E-state index in [9.17, 15) is 23.2 Å². The SMILES string of the molecule is C=[N+]=CCC(C)(C)OC(=O)c1cc(F)c(C(=O)CCC2CN(C(=O)OC(C)(C)C)CCO2)c(F)c1. The maximum Gasteiger partial charge on any atom is 0.410 e. The van der Waals surface area contributed by atoms with Gasteiger partial charge in [-0.15, -0.1) is 4.67 Å². The lowest BCUT2D eigenvalue weighted by Gasteiger charge is -2.34. The van der Waals surface area contributed by atoms with Gasteiger partial charge in [0, 0.05) is 13.0 Å². The first-order valence-corrected chi connectivity index (χ1v) is 11.3. The maximum atomic E-state index is 14.6. The van der Waals surface area contributed by atoms with Crippen molar-refractivity contribution in [3.63, 3.8) is 0 Å². The van der Waals surface area contributed by atoms with Crippen LogP contribution in [-0.4, -0.2) is 72.7 Å². The van der Waals surface area contributed by atoms with Crippen LogP contribution in [0.2, 0.25) is 0 Å². The zero-order valence-electron chi connectivity index (χ0n) is 20.9. The number of carbonyl (C=O) groups is 3. The number of rotatable bonds is 8. The molecule has 1 amide bonds. The van der Waals surface area contributed by atoms with Crippen LogP contribution in [0.3, 0.4) is 0 Å². The van der Waals surface area contributed by atoms with Gasteiger partial charge in [-0.3, -0.25) is 4.79 Å². The van der Waals surface area contributed by atoms with Gasteiger partial charge in [0.25, 0.3) is 12.9 Å². The van der Waals surface area contributed by atoms with Gasteiger partial charge in [-0.25, -0.2) is 18.4 Å². The monoisotopic (exact) mass is 495 g/mol. The molecule has 1 aliphatic rings. The molecule has 1 aromatic carbocycles. The number of carbonyl (C=O) groups excluding carboxylic acids is 3. The second-order valence-electron chi connectivity index (χ2n) is 9.91. The third-order valence-corrected chi connectivity index (χ3v) is 5.12. The number of morpholine rings is 1. The highest BCUT2D eigenvalue weighted by Crippen LogP contribution is 2.23. The van der Waals surface area contributed by atoms with Gasteiger partial charge in [0.2, 0.25) is 0 Å². The van der Waals surface area contributed by atoms with Gasteiger partial charge in [-0.1, -0.05) is 0 Å². The van der Waals surface area contributed by atoms with Crippen LogP contribution in [0.25, 0.3) is 0 Å². The van der Waals surface area contributed by atoms with Gasteiger partial charge in [-0.05, 0) is 53.2 Å². The Labute approximate surface area is 204 Å². The van der Waals surface area contributed by atoms with E-state index in [-0.39, 0.29) is 38.0 Å². The van der Waals surface area contributed by atoms with Crippen LogP contribution < -0.4 is 4.67 Å². The highest BCUT2D eigenvalue weighted by molar-refractivity contribution is 5.98. The van der Waals surface area contributed by atoms with E-state index in [1.54, 1.807) is 34.6 Å². The number of nitrogens with zero attached hydrogens (tertiary/aromatic N) is 2.